The van der Waals surface area contributed by atoms with E-state index in [0.717, 1.165) is 44.5 Å². The molecule has 0 aliphatic carbocycles. The maximum atomic E-state index is 12.2. The van der Waals surface area contributed by atoms with Crippen LogP contribution in [-0.4, -0.2) is 85.2 Å². The highest BCUT2D eigenvalue weighted by molar-refractivity contribution is 5.78. The van der Waals surface area contributed by atoms with Crippen LogP contribution in [0.15, 0.2) is 24.3 Å². The summed E-state index contributed by atoms with van der Waals surface area (Å²) in [5.74, 6) is -1.05. The number of nitrogens with zero attached hydrogens (tertiary/aromatic N) is 1. The number of hydrogen-bond donors (Lipinski definition) is 2. The molecule has 4 heterocycles. The molecule has 4 aliphatic rings. The average Bonchev–Trinajstić information content (AvgIpc) is 3.61. The summed E-state index contributed by atoms with van der Waals surface area (Å²) in [7, 11) is 0. The molecule has 0 spiro atoms. The number of carbonyl (C=O) groups excluding carboxylic acids is 2. The molecule has 10 nitrogen and oxygen atoms in total. The first-order chi connectivity index (χ1) is 18.6. The third-order valence-electron chi connectivity index (χ3n) is 7.72. The van der Waals surface area contributed by atoms with E-state index in [0.29, 0.717) is 26.0 Å². The molecule has 0 aromatic heterocycles. The fraction of sp³-hybridized carbons (Fsp3) is 0.724. The van der Waals surface area contributed by atoms with E-state index in [2.05, 4.69) is 22.8 Å². The van der Waals surface area contributed by atoms with Crippen molar-refractivity contribution in [2.45, 2.75) is 108 Å². The first-order valence-electron chi connectivity index (χ1n) is 14.3. The second kappa shape index (κ2) is 11.7. The van der Waals surface area contributed by atoms with Gasteiger partial charge in [-0.1, -0.05) is 12.1 Å². The minimum atomic E-state index is -0.699. The topological polar surface area (TPSA) is 108 Å². The summed E-state index contributed by atoms with van der Waals surface area (Å²) >= 11 is 0. The lowest BCUT2D eigenvalue weighted by atomic mass is 10.1. The molecule has 0 bridgehead atoms. The van der Waals surface area contributed by atoms with Crippen LogP contribution in [0.25, 0.3) is 0 Å². The van der Waals surface area contributed by atoms with Crippen molar-refractivity contribution >= 4 is 17.5 Å². The number of fused-ring (bicyclic) bond motifs is 1. The molecule has 1 aromatic carbocycles. The zero-order chi connectivity index (χ0) is 27.6. The van der Waals surface area contributed by atoms with Crippen LogP contribution < -0.4 is 10.6 Å². The molecular weight excluding hydrogens is 502 g/mol. The smallest absolute Gasteiger partial charge is 0.222 e. The summed E-state index contributed by atoms with van der Waals surface area (Å²) in [6.45, 7) is 10.3. The highest BCUT2D eigenvalue weighted by atomic mass is 16.8. The van der Waals surface area contributed by atoms with Gasteiger partial charge < -0.3 is 39.2 Å². The highest BCUT2D eigenvalue weighted by Crippen LogP contribution is 2.42. The van der Waals surface area contributed by atoms with E-state index in [1.165, 1.54) is 5.56 Å². The molecule has 0 radical (unpaired) electrons. The van der Waals surface area contributed by atoms with Crippen molar-refractivity contribution in [1.82, 2.24) is 10.2 Å². The Kier molecular flexibility index (Phi) is 8.49. The minimum absolute atomic E-state index is 0.0604. The van der Waals surface area contributed by atoms with Gasteiger partial charge >= 0.3 is 0 Å². The molecule has 4 saturated heterocycles. The fourth-order valence-corrected chi connectivity index (χ4v) is 5.83. The van der Waals surface area contributed by atoms with Crippen LogP contribution >= 0.6 is 0 Å². The predicted octanol–water partition coefficient (Wildman–Crippen LogP) is 2.95. The van der Waals surface area contributed by atoms with E-state index in [-0.39, 0.29) is 42.5 Å². The second-order valence-electron chi connectivity index (χ2n) is 11.8. The average molecular weight is 546 g/mol. The van der Waals surface area contributed by atoms with Gasteiger partial charge in [0.05, 0.1) is 6.61 Å². The van der Waals surface area contributed by atoms with E-state index >= 15 is 0 Å². The van der Waals surface area contributed by atoms with Crippen molar-refractivity contribution in [3.8, 4) is 0 Å². The standard InChI is InChI=1S/C29H43N3O7/c1-28(2)35-18-21(37-28)24-25-26(39-29(3,4)38-25)27(36-24)31-20-13-11-19(12-14-20)8-5-9-22(33)30-15-7-17-32-16-6-10-23(32)34/h11-14,21,24-27,31H,5-10,15-18H2,1-4H3,(H,30,33)/t21?,24?,25-,26-,27?/m0/s1. The Morgan fingerprint density at radius 3 is 2.46 bits per heavy atom. The van der Waals surface area contributed by atoms with E-state index in [1.807, 2.05) is 44.7 Å². The van der Waals surface area contributed by atoms with Crippen LogP contribution in [-0.2, 0) is 39.7 Å². The first-order valence-corrected chi connectivity index (χ1v) is 14.3. The Labute approximate surface area is 231 Å². The fourth-order valence-electron chi connectivity index (χ4n) is 5.83. The van der Waals surface area contributed by atoms with Crippen LogP contribution in [0.1, 0.15) is 65.4 Å². The molecule has 3 unspecified atom stereocenters. The molecule has 2 amide bonds. The monoisotopic (exact) mass is 545 g/mol. The van der Waals surface area contributed by atoms with Crippen molar-refractivity contribution in [1.29, 1.82) is 0 Å². The number of hydrogen-bond acceptors (Lipinski definition) is 8. The Hall–Kier alpha value is -2.24. The largest absolute Gasteiger partial charge is 0.358 e. The summed E-state index contributed by atoms with van der Waals surface area (Å²) in [6.07, 6.45) is 3.05. The van der Waals surface area contributed by atoms with Gasteiger partial charge in [-0.05, 0) is 71.1 Å². The van der Waals surface area contributed by atoms with Gasteiger partial charge in [-0.25, -0.2) is 0 Å². The van der Waals surface area contributed by atoms with Gasteiger partial charge in [-0.3, -0.25) is 9.59 Å². The Morgan fingerprint density at radius 1 is 1.00 bits per heavy atom. The van der Waals surface area contributed by atoms with E-state index < -0.39 is 11.6 Å². The number of benzene rings is 1. The van der Waals surface area contributed by atoms with Crippen LogP contribution in [0, 0.1) is 0 Å². The molecule has 2 N–H and O–H groups in total. The molecule has 4 fully saturated rings. The van der Waals surface area contributed by atoms with Gasteiger partial charge in [-0.15, -0.1) is 0 Å². The quantitative estimate of drug-likeness (QED) is 0.409. The summed E-state index contributed by atoms with van der Waals surface area (Å²) in [5.41, 5.74) is 2.10. The van der Waals surface area contributed by atoms with E-state index in [1.54, 1.807) is 0 Å². The number of amides is 2. The van der Waals surface area contributed by atoms with Crippen LogP contribution in [0.5, 0.6) is 0 Å². The predicted molar refractivity (Wildman–Crippen MR) is 144 cm³/mol. The number of anilines is 1. The van der Waals surface area contributed by atoms with Gasteiger partial charge in [0, 0.05) is 38.2 Å². The highest BCUT2D eigenvalue weighted by Gasteiger charge is 2.59. The Morgan fingerprint density at radius 2 is 1.77 bits per heavy atom. The number of nitrogens with one attached hydrogen (secondary N) is 2. The van der Waals surface area contributed by atoms with Crippen LogP contribution in [0.4, 0.5) is 5.69 Å². The van der Waals surface area contributed by atoms with Gasteiger partial charge in [-0.2, -0.15) is 0 Å². The van der Waals surface area contributed by atoms with Crippen LogP contribution in [0.2, 0.25) is 0 Å². The number of likely N-dealkylation sites (tertiary alicyclic amines) is 1. The third-order valence-corrected chi connectivity index (χ3v) is 7.72. The SMILES string of the molecule is CC1(C)OCC(C2OC(Nc3ccc(CCCC(=O)NCCCN4CCCC4=O)cc3)[C@H]3OC(C)(C)O[C@@H]23)O1. The number of carbonyl (C=O) groups is 2. The zero-order valence-corrected chi connectivity index (χ0v) is 23.6. The number of ether oxygens (including phenoxy) is 5. The van der Waals surface area contributed by atoms with Crippen molar-refractivity contribution < 1.29 is 33.3 Å². The molecule has 10 heteroatoms. The summed E-state index contributed by atoms with van der Waals surface area (Å²) < 4.78 is 30.6. The molecule has 1 aromatic rings. The van der Waals surface area contributed by atoms with Crippen molar-refractivity contribution in [2.75, 3.05) is 31.6 Å². The lowest BCUT2D eigenvalue weighted by Gasteiger charge is -2.27. The maximum Gasteiger partial charge on any atom is 0.222 e. The van der Waals surface area contributed by atoms with Gasteiger partial charge in [0.1, 0.15) is 24.4 Å². The van der Waals surface area contributed by atoms with E-state index in [9.17, 15) is 9.59 Å². The van der Waals surface area contributed by atoms with Crippen molar-refractivity contribution in [3.63, 3.8) is 0 Å². The molecule has 5 rings (SSSR count). The molecule has 5 atom stereocenters. The molecule has 216 valence electrons. The summed E-state index contributed by atoms with van der Waals surface area (Å²) in [6, 6.07) is 8.20. The van der Waals surface area contributed by atoms with E-state index in [4.69, 9.17) is 23.7 Å². The summed E-state index contributed by atoms with van der Waals surface area (Å²) in [5, 5.41) is 6.43. The maximum absolute atomic E-state index is 12.2. The summed E-state index contributed by atoms with van der Waals surface area (Å²) in [4.78, 5) is 25.7. The third kappa shape index (κ3) is 7.10. The molecule has 39 heavy (non-hydrogen) atoms. The van der Waals surface area contributed by atoms with Crippen molar-refractivity contribution in [2.24, 2.45) is 0 Å². The molecule has 4 aliphatic heterocycles. The second-order valence-corrected chi connectivity index (χ2v) is 11.8. The lowest BCUT2D eigenvalue weighted by Crippen LogP contribution is -2.40. The number of rotatable bonds is 11. The minimum Gasteiger partial charge on any atom is -0.358 e. The Bertz CT molecular complexity index is 1010. The zero-order valence-electron chi connectivity index (χ0n) is 23.6. The lowest BCUT2D eigenvalue weighted by molar-refractivity contribution is -0.203. The normalized spacial score (nSPS) is 31.0. The van der Waals surface area contributed by atoms with Gasteiger partial charge in [0.2, 0.25) is 11.8 Å². The number of aryl methyl sites for hydroxylation is 1. The van der Waals surface area contributed by atoms with Crippen molar-refractivity contribution in [3.05, 3.63) is 29.8 Å². The Balaban J connectivity index is 1.05. The first kappa shape index (κ1) is 28.3. The molecule has 0 saturated carbocycles. The van der Waals surface area contributed by atoms with Crippen LogP contribution in [0.3, 0.4) is 0 Å². The molecular formula is C29H43N3O7. The van der Waals surface area contributed by atoms with Gasteiger partial charge in [0.15, 0.2) is 17.8 Å². The van der Waals surface area contributed by atoms with Gasteiger partial charge in [0.25, 0.3) is 0 Å².